The molecule has 0 bridgehead atoms. The lowest BCUT2D eigenvalue weighted by Gasteiger charge is -2.26. The molecule has 0 spiro atoms. The number of halogens is 1. The fourth-order valence-corrected chi connectivity index (χ4v) is 4.63. The molecule has 1 unspecified atom stereocenters. The maximum absolute atomic E-state index is 13.2. The largest absolute Gasteiger partial charge is 0.461 e. The number of hydrogen-bond acceptors (Lipinski definition) is 3. The SMILES string of the molecule is CCC(C(=O)Nc1ccc(-c2cc3c(o2)CCN(C(=O)c2ccc(F)cc2)C3)cc1)c1ccccc1. The number of rotatable bonds is 6. The van der Waals surface area contributed by atoms with E-state index in [-0.39, 0.29) is 23.5 Å². The van der Waals surface area contributed by atoms with Crippen molar-refractivity contribution in [3.63, 3.8) is 0 Å². The Labute approximate surface area is 209 Å². The summed E-state index contributed by atoms with van der Waals surface area (Å²) in [5.41, 5.74) is 4.07. The van der Waals surface area contributed by atoms with E-state index in [1.54, 1.807) is 4.90 Å². The second kappa shape index (κ2) is 10.2. The maximum Gasteiger partial charge on any atom is 0.254 e. The Morgan fingerprint density at radius 3 is 2.42 bits per heavy atom. The number of nitrogens with zero attached hydrogens (tertiary/aromatic N) is 1. The summed E-state index contributed by atoms with van der Waals surface area (Å²) in [4.78, 5) is 27.4. The van der Waals surface area contributed by atoms with Gasteiger partial charge < -0.3 is 14.6 Å². The van der Waals surface area contributed by atoms with Crippen molar-refractivity contribution in [2.75, 3.05) is 11.9 Å². The van der Waals surface area contributed by atoms with Crippen LogP contribution < -0.4 is 5.32 Å². The van der Waals surface area contributed by atoms with Gasteiger partial charge in [-0.05, 0) is 66.6 Å². The summed E-state index contributed by atoms with van der Waals surface area (Å²) in [6, 6.07) is 25.0. The van der Waals surface area contributed by atoms with Crippen LogP contribution in [-0.2, 0) is 17.8 Å². The number of carbonyl (C=O) groups is 2. The highest BCUT2D eigenvalue weighted by molar-refractivity contribution is 5.96. The van der Waals surface area contributed by atoms with E-state index in [0.717, 1.165) is 33.9 Å². The Kier molecular flexibility index (Phi) is 6.67. The van der Waals surface area contributed by atoms with Crippen LogP contribution in [0.3, 0.4) is 0 Å². The van der Waals surface area contributed by atoms with E-state index in [1.165, 1.54) is 24.3 Å². The average Bonchev–Trinajstić information content (AvgIpc) is 3.34. The van der Waals surface area contributed by atoms with Crippen LogP contribution in [0.25, 0.3) is 11.3 Å². The van der Waals surface area contributed by atoms with Crippen molar-refractivity contribution in [3.8, 4) is 11.3 Å². The Morgan fingerprint density at radius 1 is 1.00 bits per heavy atom. The second-order valence-corrected chi connectivity index (χ2v) is 8.98. The molecule has 2 heterocycles. The normalized spacial score (nSPS) is 13.7. The third-order valence-corrected chi connectivity index (χ3v) is 6.61. The Bertz CT molecular complexity index is 1360. The third kappa shape index (κ3) is 4.93. The molecule has 2 amide bonds. The topological polar surface area (TPSA) is 62.6 Å². The van der Waals surface area contributed by atoms with Gasteiger partial charge in [-0.2, -0.15) is 0 Å². The smallest absolute Gasteiger partial charge is 0.254 e. The van der Waals surface area contributed by atoms with Crippen molar-refractivity contribution < 1.29 is 18.4 Å². The maximum atomic E-state index is 13.2. The number of anilines is 1. The van der Waals surface area contributed by atoms with Gasteiger partial charge in [0.2, 0.25) is 5.91 Å². The van der Waals surface area contributed by atoms with Gasteiger partial charge in [-0.1, -0.05) is 37.3 Å². The molecular weight excluding hydrogens is 455 g/mol. The summed E-state index contributed by atoms with van der Waals surface area (Å²) in [5, 5.41) is 3.02. The molecule has 36 heavy (non-hydrogen) atoms. The lowest BCUT2D eigenvalue weighted by Crippen LogP contribution is -2.35. The molecule has 0 saturated heterocycles. The van der Waals surface area contributed by atoms with Gasteiger partial charge in [-0.15, -0.1) is 0 Å². The Balaban J connectivity index is 1.26. The molecular formula is C30H27FN2O3. The lowest BCUT2D eigenvalue weighted by atomic mass is 9.95. The van der Waals surface area contributed by atoms with Gasteiger partial charge in [0.05, 0.1) is 5.92 Å². The molecule has 0 saturated carbocycles. The molecule has 1 aromatic heterocycles. The van der Waals surface area contributed by atoms with Gasteiger partial charge in [-0.25, -0.2) is 4.39 Å². The van der Waals surface area contributed by atoms with Gasteiger partial charge >= 0.3 is 0 Å². The molecule has 1 N–H and O–H groups in total. The minimum Gasteiger partial charge on any atom is -0.461 e. The second-order valence-electron chi connectivity index (χ2n) is 8.98. The van der Waals surface area contributed by atoms with Gasteiger partial charge in [0.25, 0.3) is 5.91 Å². The molecule has 1 aliphatic rings. The highest BCUT2D eigenvalue weighted by Gasteiger charge is 2.25. The number of nitrogens with one attached hydrogen (secondary N) is 1. The predicted octanol–water partition coefficient (Wildman–Crippen LogP) is 6.42. The number of amides is 2. The number of furan rings is 1. The molecule has 0 aliphatic carbocycles. The monoisotopic (exact) mass is 482 g/mol. The van der Waals surface area contributed by atoms with Gasteiger partial charge in [0.15, 0.2) is 0 Å². The number of fused-ring (bicyclic) bond motifs is 1. The molecule has 4 aromatic rings. The summed E-state index contributed by atoms with van der Waals surface area (Å²) in [7, 11) is 0. The first-order chi connectivity index (χ1) is 17.5. The number of carbonyl (C=O) groups excluding carboxylic acids is 2. The van der Waals surface area contributed by atoms with Crippen LogP contribution in [0.5, 0.6) is 0 Å². The third-order valence-electron chi connectivity index (χ3n) is 6.61. The van der Waals surface area contributed by atoms with Crippen molar-refractivity contribution in [2.45, 2.75) is 32.2 Å². The van der Waals surface area contributed by atoms with Crippen LogP contribution in [0.15, 0.2) is 89.3 Å². The Hall–Kier alpha value is -4.19. The highest BCUT2D eigenvalue weighted by atomic mass is 19.1. The quantitative estimate of drug-likeness (QED) is 0.345. The first kappa shape index (κ1) is 23.5. The lowest BCUT2D eigenvalue weighted by molar-refractivity contribution is -0.117. The van der Waals surface area contributed by atoms with E-state index in [2.05, 4.69) is 5.32 Å². The summed E-state index contributed by atoms with van der Waals surface area (Å²) in [6.45, 7) is 3.00. The van der Waals surface area contributed by atoms with Gasteiger partial charge in [0.1, 0.15) is 17.3 Å². The summed E-state index contributed by atoms with van der Waals surface area (Å²) >= 11 is 0. The summed E-state index contributed by atoms with van der Waals surface area (Å²) in [6.07, 6.45) is 1.33. The van der Waals surface area contributed by atoms with Crippen LogP contribution in [-0.4, -0.2) is 23.3 Å². The zero-order chi connectivity index (χ0) is 25.1. The van der Waals surface area contributed by atoms with Gasteiger partial charge in [-0.3, -0.25) is 9.59 Å². The van der Waals surface area contributed by atoms with Crippen molar-refractivity contribution in [3.05, 3.63) is 113 Å². The van der Waals surface area contributed by atoms with Crippen LogP contribution >= 0.6 is 0 Å². The molecule has 0 fully saturated rings. The first-order valence-electron chi connectivity index (χ1n) is 12.1. The molecule has 3 aromatic carbocycles. The van der Waals surface area contributed by atoms with E-state index in [0.29, 0.717) is 31.5 Å². The van der Waals surface area contributed by atoms with E-state index in [1.807, 2.05) is 67.6 Å². The molecule has 6 heteroatoms. The van der Waals surface area contributed by atoms with E-state index in [9.17, 15) is 14.0 Å². The minimum atomic E-state index is -0.362. The van der Waals surface area contributed by atoms with Crippen LogP contribution in [0.2, 0.25) is 0 Å². The molecule has 1 aliphatic heterocycles. The van der Waals surface area contributed by atoms with Crippen LogP contribution in [0.1, 0.15) is 46.5 Å². The first-order valence-corrected chi connectivity index (χ1v) is 12.1. The molecule has 1 atom stereocenters. The Morgan fingerprint density at radius 2 is 1.72 bits per heavy atom. The van der Waals surface area contributed by atoms with Crippen molar-refractivity contribution in [1.29, 1.82) is 0 Å². The van der Waals surface area contributed by atoms with Crippen LogP contribution in [0, 0.1) is 5.82 Å². The number of benzene rings is 3. The fourth-order valence-electron chi connectivity index (χ4n) is 4.63. The highest BCUT2D eigenvalue weighted by Crippen LogP contribution is 2.31. The van der Waals surface area contributed by atoms with Crippen molar-refractivity contribution in [1.82, 2.24) is 4.90 Å². The molecule has 5 nitrogen and oxygen atoms in total. The van der Waals surface area contributed by atoms with E-state index in [4.69, 9.17) is 4.42 Å². The van der Waals surface area contributed by atoms with E-state index >= 15 is 0 Å². The fraction of sp³-hybridized carbons (Fsp3) is 0.200. The zero-order valence-corrected chi connectivity index (χ0v) is 20.0. The number of hydrogen-bond donors (Lipinski definition) is 1. The van der Waals surface area contributed by atoms with E-state index < -0.39 is 0 Å². The molecule has 5 rings (SSSR count). The predicted molar refractivity (Wildman–Crippen MR) is 137 cm³/mol. The summed E-state index contributed by atoms with van der Waals surface area (Å²) in [5.74, 6) is 0.881. The summed E-state index contributed by atoms with van der Waals surface area (Å²) < 4.78 is 19.3. The molecule has 0 radical (unpaired) electrons. The minimum absolute atomic E-state index is 0.0316. The standard InChI is InChI=1S/C30H27FN2O3/c1-2-26(20-6-4-3-5-7-20)29(34)32-25-14-10-21(11-15-25)28-18-23-19-33(17-16-27(23)36-28)30(35)22-8-12-24(31)13-9-22/h3-15,18,26H,2,16-17,19H2,1H3,(H,32,34). The van der Waals surface area contributed by atoms with Crippen LogP contribution in [0.4, 0.5) is 10.1 Å². The average molecular weight is 483 g/mol. The van der Waals surface area contributed by atoms with Crippen molar-refractivity contribution in [2.24, 2.45) is 0 Å². The zero-order valence-electron chi connectivity index (χ0n) is 20.0. The molecule has 182 valence electrons. The van der Waals surface area contributed by atoms with Gasteiger partial charge in [0, 0.05) is 41.9 Å². The van der Waals surface area contributed by atoms with Crippen molar-refractivity contribution >= 4 is 17.5 Å².